The summed E-state index contributed by atoms with van der Waals surface area (Å²) in [4.78, 5) is 0. The zero-order chi connectivity index (χ0) is 12.4. The monoisotopic (exact) mass is 235 g/mol. The first kappa shape index (κ1) is 12.6. The van der Waals surface area contributed by atoms with Gasteiger partial charge in [0.2, 0.25) is 0 Å². The first-order chi connectivity index (χ1) is 8.13. The van der Waals surface area contributed by atoms with Gasteiger partial charge in [0, 0.05) is 6.04 Å². The van der Waals surface area contributed by atoms with Crippen LogP contribution in [0.15, 0.2) is 12.1 Å². The van der Waals surface area contributed by atoms with Crippen LogP contribution in [0.25, 0.3) is 0 Å². The third-order valence-electron chi connectivity index (χ3n) is 3.91. The van der Waals surface area contributed by atoms with Gasteiger partial charge in [-0.2, -0.15) is 0 Å². The predicted molar refractivity (Wildman–Crippen MR) is 69.6 cm³/mol. The Labute approximate surface area is 103 Å². The lowest BCUT2D eigenvalue weighted by atomic mass is 9.75. The number of hydrogen-bond acceptors (Lipinski definition) is 1. The van der Waals surface area contributed by atoms with Gasteiger partial charge in [-0.1, -0.05) is 13.3 Å². The molecule has 94 valence electrons. The maximum Gasteiger partial charge on any atom is 0.123 e. The first-order valence-electron chi connectivity index (χ1n) is 6.63. The van der Waals surface area contributed by atoms with E-state index in [1.807, 2.05) is 13.8 Å². The molecule has 17 heavy (non-hydrogen) atoms. The van der Waals surface area contributed by atoms with Gasteiger partial charge >= 0.3 is 0 Å². The molecule has 0 aliphatic heterocycles. The van der Waals surface area contributed by atoms with Crippen LogP contribution in [0.2, 0.25) is 0 Å². The quantitative estimate of drug-likeness (QED) is 0.834. The lowest BCUT2D eigenvalue weighted by Crippen LogP contribution is -2.33. The molecule has 1 fully saturated rings. The maximum atomic E-state index is 13.3. The minimum atomic E-state index is -0.118. The standard InChI is InChI=1S/C15H22FN/c1-4-17-15(12-6-5-7-12)14-10(2)8-13(16)9-11(14)3/h8-9,12,15,17H,4-7H2,1-3H3. The smallest absolute Gasteiger partial charge is 0.123 e. The second-order valence-corrected chi connectivity index (χ2v) is 5.18. The SMILES string of the molecule is CCNC(c1c(C)cc(F)cc1C)C1CCC1. The van der Waals surface area contributed by atoms with Crippen molar-refractivity contribution in [2.75, 3.05) is 6.54 Å². The molecule has 2 heteroatoms. The summed E-state index contributed by atoms with van der Waals surface area (Å²) < 4.78 is 13.3. The van der Waals surface area contributed by atoms with Crippen molar-refractivity contribution in [1.82, 2.24) is 5.32 Å². The van der Waals surface area contributed by atoms with Crippen LogP contribution in [-0.4, -0.2) is 6.54 Å². The zero-order valence-electron chi connectivity index (χ0n) is 11.0. The predicted octanol–water partition coefficient (Wildman–Crippen LogP) is 3.89. The molecule has 1 unspecified atom stereocenters. The average molecular weight is 235 g/mol. The minimum absolute atomic E-state index is 0.118. The third kappa shape index (κ3) is 2.52. The van der Waals surface area contributed by atoms with Crippen LogP contribution in [-0.2, 0) is 0 Å². The van der Waals surface area contributed by atoms with E-state index in [4.69, 9.17) is 0 Å². The number of halogens is 1. The van der Waals surface area contributed by atoms with E-state index in [-0.39, 0.29) is 5.82 Å². The van der Waals surface area contributed by atoms with Crippen molar-refractivity contribution in [2.45, 2.75) is 46.1 Å². The summed E-state index contributed by atoms with van der Waals surface area (Å²) in [5.74, 6) is 0.616. The molecule has 1 atom stereocenters. The molecule has 1 aromatic carbocycles. The summed E-state index contributed by atoms with van der Waals surface area (Å²) >= 11 is 0. The first-order valence-corrected chi connectivity index (χ1v) is 6.63. The molecule has 0 aromatic heterocycles. The summed E-state index contributed by atoms with van der Waals surface area (Å²) in [5.41, 5.74) is 3.48. The Balaban J connectivity index is 2.34. The Kier molecular flexibility index (Phi) is 3.82. The highest BCUT2D eigenvalue weighted by Crippen LogP contribution is 2.39. The van der Waals surface area contributed by atoms with Gasteiger partial charge in [0.05, 0.1) is 0 Å². The Hall–Kier alpha value is -0.890. The van der Waals surface area contributed by atoms with E-state index < -0.39 is 0 Å². The molecule has 1 aliphatic rings. The van der Waals surface area contributed by atoms with Crippen molar-refractivity contribution in [2.24, 2.45) is 5.92 Å². The van der Waals surface area contributed by atoms with Gasteiger partial charge in [-0.25, -0.2) is 4.39 Å². The molecule has 1 saturated carbocycles. The summed E-state index contributed by atoms with van der Waals surface area (Å²) in [5, 5.41) is 3.58. The van der Waals surface area contributed by atoms with Crippen molar-refractivity contribution in [1.29, 1.82) is 0 Å². The van der Waals surface area contributed by atoms with Crippen molar-refractivity contribution in [3.63, 3.8) is 0 Å². The molecule has 0 spiro atoms. The molecular weight excluding hydrogens is 213 g/mol. The highest BCUT2D eigenvalue weighted by Gasteiger charge is 2.29. The fourth-order valence-electron chi connectivity index (χ4n) is 2.91. The van der Waals surface area contributed by atoms with Gasteiger partial charge in [-0.15, -0.1) is 0 Å². The number of rotatable bonds is 4. The van der Waals surface area contributed by atoms with E-state index in [0.29, 0.717) is 6.04 Å². The van der Waals surface area contributed by atoms with Gasteiger partial charge in [0.25, 0.3) is 0 Å². The molecule has 1 N–H and O–H groups in total. The molecule has 0 bridgehead atoms. The Bertz CT molecular complexity index is 373. The van der Waals surface area contributed by atoms with E-state index in [0.717, 1.165) is 23.6 Å². The summed E-state index contributed by atoms with van der Waals surface area (Å²) in [7, 11) is 0. The van der Waals surface area contributed by atoms with Gasteiger partial charge < -0.3 is 5.32 Å². The number of hydrogen-bond donors (Lipinski definition) is 1. The summed E-state index contributed by atoms with van der Waals surface area (Å²) in [6, 6.07) is 3.73. The average Bonchev–Trinajstić information content (AvgIpc) is 2.13. The topological polar surface area (TPSA) is 12.0 Å². The van der Waals surface area contributed by atoms with E-state index >= 15 is 0 Å². The molecule has 0 heterocycles. The van der Waals surface area contributed by atoms with E-state index in [1.165, 1.54) is 24.8 Å². The number of nitrogens with one attached hydrogen (secondary N) is 1. The third-order valence-corrected chi connectivity index (χ3v) is 3.91. The van der Waals surface area contributed by atoms with E-state index in [1.54, 1.807) is 12.1 Å². The Morgan fingerprint density at radius 3 is 2.29 bits per heavy atom. The van der Waals surface area contributed by atoms with Gasteiger partial charge in [-0.3, -0.25) is 0 Å². The molecule has 1 aliphatic carbocycles. The normalized spacial score (nSPS) is 17.9. The van der Waals surface area contributed by atoms with Crippen molar-refractivity contribution in [3.05, 3.63) is 34.6 Å². The second-order valence-electron chi connectivity index (χ2n) is 5.18. The number of aryl methyl sites for hydroxylation is 2. The second kappa shape index (κ2) is 5.18. The zero-order valence-corrected chi connectivity index (χ0v) is 11.0. The van der Waals surface area contributed by atoms with Crippen LogP contribution in [0.4, 0.5) is 4.39 Å². The van der Waals surface area contributed by atoms with E-state index in [2.05, 4.69) is 12.2 Å². The molecule has 0 saturated heterocycles. The van der Waals surface area contributed by atoms with E-state index in [9.17, 15) is 4.39 Å². The molecule has 1 aromatic rings. The van der Waals surface area contributed by atoms with Crippen LogP contribution in [0.5, 0.6) is 0 Å². The van der Waals surface area contributed by atoms with Crippen LogP contribution < -0.4 is 5.32 Å². The molecule has 0 amide bonds. The molecular formula is C15H22FN. The van der Waals surface area contributed by atoms with Crippen LogP contribution in [0.1, 0.15) is 48.9 Å². The Morgan fingerprint density at radius 2 is 1.88 bits per heavy atom. The molecule has 1 nitrogen and oxygen atoms in total. The largest absolute Gasteiger partial charge is 0.310 e. The van der Waals surface area contributed by atoms with Crippen molar-refractivity contribution >= 4 is 0 Å². The summed E-state index contributed by atoms with van der Waals surface area (Å²) in [6.45, 7) is 7.15. The minimum Gasteiger partial charge on any atom is -0.310 e. The van der Waals surface area contributed by atoms with Crippen LogP contribution in [0.3, 0.4) is 0 Å². The highest BCUT2D eigenvalue weighted by molar-refractivity contribution is 5.37. The van der Waals surface area contributed by atoms with Gasteiger partial charge in [0.15, 0.2) is 0 Å². The highest BCUT2D eigenvalue weighted by atomic mass is 19.1. The van der Waals surface area contributed by atoms with Crippen LogP contribution >= 0.6 is 0 Å². The number of benzene rings is 1. The molecule has 0 radical (unpaired) electrons. The molecule has 2 rings (SSSR count). The van der Waals surface area contributed by atoms with Crippen LogP contribution in [0, 0.1) is 25.6 Å². The fraction of sp³-hybridized carbons (Fsp3) is 0.600. The fourth-order valence-corrected chi connectivity index (χ4v) is 2.91. The lowest BCUT2D eigenvalue weighted by molar-refractivity contribution is 0.232. The summed E-state index contributed by atoms with van der Waals surface area (Å²) in [6.07, 6.45) is 3.94. The Morgan fingerprint density at radius 1 is 1.29 bits per heavy atom. The maximum absolute atomic E-state index is 13.3. The van der Waals surface area contributed by atoms with Crippen molar-refractivity contribution in [3.8, 4) is 0 Å². The van der Waals surface area contributed by atoms with Gasteiger partial charge in [-0.05, 0) is 68.0 Å². The lowest BCUT2D eigenvalue weighted by Gasteiger charge is -2.36. The van der Waals surface area contributed by atoms with Gasteiger partial charge in [0.1, 0.15) is 5.82 Å². The van der Waals surface area contributed by atoms with Crippen molar-refractivity contribution < 1.29 is 4.39 Å².